The molecule has 1 heterocycles. The lowest BCUT2D eigenvalue weighted by Crippen LogP contribution is -2.35. The smallest absolute Gasteiger partial charge is 0.244 e. The molecule has 0 saturated carbocycles. The van der Waals surface area contributed by atoms with Crippen molar-refractivity contribution in [1.29, 1.82) is 5.26 Å². The quantitative estimate of drug-likeness (QED) is 0.863. The molecule has 5 heteroatoms. The number of hydrogen-bond donors (Lipinski definition) is 1. The predicted octanol–water partition coefficient (Wildman–Crippen LogP) is 3.89. The Hall–Kier alpha value is -1.41. The summed E-state index contributed by atoms with van der Waals surface area (Å²) in [4.78, 5) is 16.4. The van der Waals surface area contributed by atoms with Gasteiger partial charge >= 0.3 is 0 Å². The van der Waals surface area contributed by atoms with Gasteiger partial charge in [-0.1, -0.05) is 26.7 Å². The fourth-order valence-electron chi connectivity index (χ4n) is 2.09. The summed E-state index contributed by atoms with van der Waals surface area (Å²) < 4.78 is 0.711. The van der Waals surface area contributed by atoms with E-state index in [1.54, 1.807) is 18.5 Å². The molecule has 0 aliphatic rings. The molecule has 0 fully saturated rings. The van der Waals surface area contributed by atoms with Crippen molar-refractivity contribution in [3.63, 3.8) is 0 Å². The van der Waals surface area contributed by atoms with Crippen molar-refractivity contribution in [3.8, 4) is 6.07 Å². The van der Waals surface area contributed by atoms with Crippen molar-refractivity contribution in [1.82, 2.24) is 4.98 Å². The van der Waals surface area contributed by atoms with Crippen molar-refractivity contribution in [2.24, 2.45) is 5.41 Å². The van der Waals surface area contributed by atoms with E-state index in [0.717, 1.165) is 12.8 Å². The summed E-state index contributed by atoms with van der Waals surface area (Å²) in [6.45, 7) is 3.97. The zero-order valence-electron chi connectivity index (χ0n) is 11.2. The highest BCUT2D eigenvalue weighted by atomic mass is 79.9. The van der Waals surface area contributed by atoms with Crippen LogP contribution in [-0.2, 0) is 4.79 Å². The number of rotatable bonds is 6. The molecule has 0 saturated heterocycles. The van der Waals surface area contributed by atoms with Crippen LogP contribution in [0.5, 0.6) is 0 Å². The van der Waals surface area contributed by atoms with Crippen LogP contribution in [0.1, 0.15) is 39.5 Å². The summed E-state index contributed by atoms with van der Waals surface area (Å²) in [6, 6.07) is 3.92. The molecule has 1 rings (SSSR count). The number of anilines is 1. The number of hydrogen-bond acceptors (Lipinski definition) is 3. The van der Waals surface area contributed by atoms with Gasteiger partial charge in [-0.15, -0.1) is 0 Å². The number of halogens is 1. The van der Waals surface area contributed by atoms with E-state index in [1.807, 2.05) is 13.8 Å². The Morgan fingerprint density at radius 1 is 1.47 bits per heavy atom. The molecule has 4 nitrogen and oxygen atoms in total. The summed E-state index contributed by atoms with van der Waals surface area (Å²) >= 11 is 3.33. The number of aromatic nitrogens is 1. The van der Waals surface area contributed by atoms with Gasteiger partial charge in [-0.05, 0) is 34.8 Å². The molecule has 0 unspecified atom stereocenters. The maximum Gasteiger partial charge on any atom is 0.244 e. The standard InChI is InChI=1S/C14H18BrN3O/c1-3-6-14(10-16,7-4-2)13(19)18-12-5-8-17-9-11(12)15/h5,8-9H,3-4,6-7H2,1-2H3,(H,17,18,19). The monoisotopic (exact) mass is 323 g/mol. The van der Waals surface area contributed by atoms with E-state index in [2.05, 4.69) is 32.3 Å². The van der Waals surface area contributed by atoms with Crippen molar-refractivity contribution < 1.29 is 4.79 Å². The zero-order valence-corrected chi connectivity index (χ0v) is 12.8. The first-order chi connectivity index (χ1) is 9.09. The molecule has 1 aromatic rings. The lowest BCUT2D eigenvalue weighted by molar-refractivity contribution is -0.123. The SMILES string of the molecule is CCCC(C#N)(CCC)C(=O)Nc1ccncc1Br. The molecule has 0 spiro atoms. The second kappa shape index (κ2) is 7.25. The predicted molar refractivity (Wildman–Crippen MR) is 78.4 cm³/mol. The number of nitriles is 1. The number of amides is 1. The lowest BCUT2D eigenvalue weighted by atomic mass is 9.79. The van der Waals surface area contributed by atoms with Gasteiger partial charge in [0.25, 0.3) is 0 Å². The maximum atomic E-state index is 12.4. The molecule has 0 atom stereocenters. The summed E-state index contributed by atoms with van der Waals surface area (Å²) in [5, 5.41) is 12.2. The second-order valence-corrected chi connectivity index (χ2v) is 5.36. The first-order valence-electron chi connectivity index (χ1n) is 6.42. The maximum absolute atomic E-state index is 12.4. The highest BCUT2D eigenvalue weighted by Gasteiger charge is 2.37. The van der Waals surface area contributed by atoms with Crippen molar-refractivity contribution in [3.05, 3.63) is 22.9 Å². The minimum absolute atomic E-state index is 0.231. The van der Waals surface area contributed by atoms with Gasteiger partial charge in [-0.2, -0.15) is 5.26 Å². The fraction of sp³-hybridized carbons (Fsp3) is 0.500. The molecule has 1 amide bonds. The normalized spacial score (nSPS) is 10.8. The fourth-order valence-corrected chi connectivity index (χ4v) is 2.44. The average molecular weight is 324 g/mol. The summed E-state index contributed by atoms with van der Waals surface area (Å²) in [7, 11) is 0. The minimum atomic E-state index is -0.938. The Morgan fingerprint density at radius 3 is 2.58 bits per heavy atom. The average Bonchev–Trinajstić information content (AvgIpc) is 2.41. The number of pyridine rings is 1. The highest BCUT2D eigenvalue weighted by Crippen LogP contribution is 2.32. The van der Waals surface area contributed by atoms with Crippen LogP contribution in [0.2, 0.25) is 0 Å². The molecule has 0 radical (unpaired) electrons. The number of carbonyl (C=O) groups is 1. The third-order valence-corrected chi connectivity index (χ3v) is 3.65. The van der Waals surface area contributed by atoms with Crippen molar-refractivity contribution in [2.45, 2.75) is 39.5 Å². The molecule has 0 aromatic carbocycles. The van der Waals surface area contributed by atoms with Gasteiger partial charge in [-0.25, -0.2) is 0 Å². The van der Waals surface area contributed by atoms with Crippen LogP contribution in [0.25, 0.3) is 0 Å². The molecule has 0 bridgehead atoms. The van der Waals surface area contributed by atoms with Crippen LogP contribution in [0.15, 0.2) is 22.9 Å². The Labute approximate surface area is 122 Å². The third-order valence-electron chi connectivity index (χ3n) is 3.02. The Kier molecular flexibility index (Phi) is 5.97. The van der Waals surface area contributed by atoms with E-state index in [9.17, 15) is 10.1 Å². The number of nitrogens with zero attached hydrogens (tertiary/aromatic N) is 2. The number of nitrogens with one attached hydrogen (secondary N) is 1. The van der Waals surface area contributed by atoms with E-state index < -0.39 is 5.41 Å². The van der Waals surface area contributed by atoms with Crippen LogP contribution in [0.3, 0.4) is 0 Å². The largest absolute Gasteiger partial charge is 0.324 e. The van der Waals surface area contributed by atoms with E-state index in [4.69, 9.17) is 0 Å². The van der Waals surface area contributed by atoms with E-state index in [-0.39, 0.29) is 5.91 Å². The highest BCUT2D eigenvalue weighted by molar-refractivity contribution is 9.10. The van der Waals surface area contributed by atoms with Gasteiger partial charge in [0.1, 0.15) is 5.41 Å². The van der Waals surface area contributed by atoms with E-state index in [1.165, 1.54) is 0 Å². The Bertz CT molecular complexity index is 476. The minimum Gasteiger partial charge on any atom is -0.324 e. The topological polar surface area (TPSA) is 65.8 Å². The van der Waals surface area contributed by atoms with Crippen LogP contribution < -0.4 is 5.32 Å². The van der Waals surface area contributed by atoms with E-state index in [0.29, 0.717) is 23.0 Å². The third kappa shape index (κ3) is 3.77. The van der Waals surface area contributed by atoms with Crippen LogP contribution >= 0.6 is 15.9 Å². The molecule has 19 heavy (non-hydrogen) atoms. The van der Waals surface area contributed by atoms with Gasteiger partial charge in [0, 0.05) is 12.4 Å². The molecule has 1 N–H and O–H groups in total. The molecule has 0 aliphatic carbocycles. The van der Waals surface area contributed by atoms with Crippen molar-refractivity contribution >= 4 is 27.5 Å². The van der Waals surface area contributed by atoms with Gasteiger partial charge in [0.05, 0.1) is 16.2 Å². The molecule has 0 aliphatic heterocycles. The van der Waals surface area contributed by atoms with Crippen molar-refractivity contribution in [2.75, 3.05) is 5.32 Å². The molecule has 102 valence electrons. The number of carbonyl (C=O) groups excluding carboxylic acids is 1. The Balaban J connectivity index is 2.95. The summed E-state index contributed by atoms with van der Waals surface area (Å²) in [6.07, 6.45) is 5.98. The van der Waals surface area contributed by atoms with Gasteiger partial charge < -0.3 is 5.32 Å². The molecule has 1 aromatic heterocycles. The van der Waals surface area contributed by atoms with Crippen LogP contribution in [0, 0.1) is 16.7 Å². The Morgan fingerprint density at radius 2 is 2.11 bits per heavy atom. The first kappa shape index (κ1) is 15.6. The first-order valence-corrected chi connectivity index (χ1v) is 7.21. The van der Waals surface area contributed by atoms with Crippen LogP contribution in [0.4, 0.5) is 5.69 Å². The molecular formula is C14H18BrN3O. The summed E-state index contributed by atoms with van der Waals surface area (Å²) in [5.41, 5.74) is -0.293. The van der Waals surface area contributed by atoms with E-state index >= 15 is 0 Å². The van der Waals surface area contributed by atoms with Gasteiger partial charge in [0.2, 0.25) is 5.91 Å². The zero-order chi connectivity index (χ0) is 14.3. The summed E-state index contributed by atoms with van der Waals surface area (Å²) in [5.74, 6) is -0.231. The molecular weight excluding hydrogens is 306 g/mol. The lowest BCUT2D eigenvalue weighted by Gasteiger charge is -2.24. The van der Waals surface area contributed by atoms with Crippen LogP contribution in [-0.4, -0.2) is 10.9 Å². The second-order valence-electron chi connectivity index (χ2n) is 4.50. The van der Waals surface area contributed by atoms with Gasteiger partial charge in [0.15, 0.2) is 0 Å². The van der Waals surface area contributed by atoms with Gasteiger partial charge in [-0.3, -0.25) is 9.78 Å².